The van der Waals surface area contributed by atoms with Crippen LogP contribution in [0, 0.1) is 12.8 Å². The van der Waals surface area contributed by atoms with E-state index < -0.39 is 34.6 Å². The van der Waals surface area contributed by atoms with Crippen LogP contribution >= 0.6 is 0 Å². The topological polar surface area (TPSA) is 104 Å². The molecular weight excluding hydrogens is 523 g/mol. The summed E-state index contributed by atoms with van der Waals surface area (Å²) in [6.07, 6.45) is -4.84. The molecule has 38 heavy (non-hydrogen) atoms. The number of aryl methyl sites for hydroxylation is 1. The van der Waals surface area contributed by atoms with E-state index in [1.165, 1.54) is 11.8 Å². The molecule has 0 bridgehead atoms. The number of carbonyl (C=O) groups is 1. The second-order valence-electron chi connectivity index (χ2n) is 9.58. The first kappa shape index (κ1) is 28.0. The lowest BCUT2D eigenvalue weighted by Gasteiger charge is -2.28. The van der Waals surface area contributed by atoms with Gasteiger partial charge in [-0.3, -0.25) is 4.72 Å². The third-order valence-corrected chi connectivity index (χ3v) is 7.96. The molecule has 3 heterocycles. The van der Waals surface area contributed by atoms with Crippen molar-refractivity contribution in [2.24, 2.45) is 5.92 Å². The van der Waals surface area contributed by atoms with Gasteiger partial charge in [0.2, 0.25) is 10.0 Å². The van der Waals surface area contributed by atoms with Crippen LogP contribution in [0.15, 0.2) is 30.3 Å². The van der Waals surface area contributed by atoms with Crippen molar-refractivity contribution in [2.45, 2.75) is 32.9 Å². The Balaban J connectivity index is 1.58. The number of benzene rings is 1. The molecule has 2 aromatic rings. The van der Waals surface area contributed by atoms with Crippen LogP contribution in [0.3, 0.4) is 0 Å². The summed E-state index contributed by atoms with van der Waals surface area (Å²) in [6.45, 7) is 6.03. The van der Waals surface area contributed by atoms with E-state index in [2.05, 4.69) is 15.0 Å². The van der Waals surface area contributed by atoms with Crippen molar-refractivity contribution in [3.63, 3.8) is 0 Å². The van der Waals surface area contributed by atoms with Crippen LogP contribution < -0.4 is 14.9 Å². The first-order valence-corrected chi connectivity index (χ1v) is 14.2. The van der Waals surface area contributed by atoms with Crippen LogP contribution in [0.4, 0.5) is 35.3 Å². The zero-order valence-corrected chi connectivity index (χ0v) is 22.2. The number of amides is 2. The van der Waals surface area contributed by atoms with Crippen LogP contribution in [0.1, 0.15) is 25.3 Å². The highest BCUT2D eigenvalue weighted by Gasteiger charge is 2.36. The van der Waals surface area contributed by atoms with Gasteiger partial charge in [-0.15, -0.1) is 0 Å². The molecule has 0 spiro atoms. The molecule has 0 radical (unpaired) electrons. The molecule has 4 rings (SSSR count). The highest BCUT2D eigenvalue weighted by atomic mass is 32.2. The molecule has 1 aromatic heterocycles. The predicted octanol–water partition coefficient (Wildman–Crippen LogP) is 4.46. The zero-order chi connectivity index (χ0) is 27.5. The Hall–Kier alpha value is -3.06. The summed E-state index contributed by atoms with van der Waals surface area (Å²) in [5, 5.41) is 2.80. The number of sulfonamides is 1. The summed E-state index contributed by atoms with van der Waals surface area (Å²) in [5.41, 5.74) is 2.83. The van der Waals surface area contributed by atoms with Gasteiger partial charge in [-0.2, -0.15) is 13.2 Å². The number of rotatable bonds is 7. The third kappa shape index (κ3) is 7.28. The predicted molar refractivity (Wildman–Crippen MR) is 140 cm³/mol. The molecule has 2 saturated heterocycles. The number of pyridine rings is 1. The fraction of sp³-hybridized carbons (Fsp3) is 0.520. The van der Waals surface area contributed by atoms with E-state index in [0.29, 0.717) is 49.8 Å². The molecule has 13 heteroatoms. The van der Waals surface area contributed by atoms with E-state index in [0.717, 1.165) is 11.1 Å². The fourth-order valence-electron chi connectivity index (χ4n) is 4.63. The first-order valence-electron chi connectivity index (χ1n) is 12.5. The Bertz CT molecular complexity index is 1270. The van der Waals surface area contributed by atoms with Crippen LogP contribution in [-0.2, 0) is 14.8 Å². The largest absolute Gasteiger partial charge is 0.389 e. The van der Waals surface area contributed by atoms with Gasteiger partial charge in [0.05, 0.1) is 19.0 Å². The number of halogens is 3. The minimum Gasteiger partial charge on any atom is -0.378 e. The van der Waals surface area contributed by atoms with Crippen molar-refractivity contribution >= 4 is 33.4 Å². The maximum atomic E-state index is 12.8. The van der Waals surface area contributed by atoms with Crippen LogP contribution in [0.25, 0.3) is 11.1 Å². The highest BCUT2D eigenvalue weighted by Crippen LogP contribution is 2.33. The van der Waals surface area contributed by atoms with Gasteiger partial charge in [-0.1, -0.05) is 6.07 Å². The Labute approximate surface area is 220 Å². The molecule has 0 saturated carbocycles. The highest BCUT2D eigenvalue weighted by molar-refractivity contribution is 7.92. The minimum absolute atomic E-state index is 0.0538. The number of aromatic nitrogens is 1. The van der Waals surface area contributed by atoms with Gasteiger partial charge < -0.3 is 19.9 Å². The number of hydrogen-bond acceptors (Lipinski definition) is 6. The first-order chi connectivity index (χ1) is 17.9. The van der Waals surface area contributed by atoms with Crippen molar-refractivity contribution in [1.82, 2.24) is 9.88 Å². The lowest BCUT2D eigenvalue weighted by molar-refractivity contribution is -0.143. The van der Waals surface area contributed by atoms with Gasteiger partial charge in [-0.25, -0.2) is 18.2 Å². The number of carbonyl (C=O) groups excluding carboxylic acids is 1. The van der Waals surface area contributed by atoms with E-state index >= 15 is 0 Å². The van der Waals surface area contributed by atoms with E-state index in [1.54, 1.807) is 18.2 Å². The molecule has 2 aliphatic rings. The van der Waals surface area contributed by atoms with Gasteiger partial charge in [0.1, 0.15) is 11.6 Å². The quantitative estimate of drug-likeness (QED) is 0.523. The van der Waals surface area contributed by atoms with E-state index in [4.69, 9.17) is 4.74 Å². The van der Waals surface area contributed by atoms with E-state index in [9.17, 15) is 26.4 Å². The number of nitrogens with zero attached hydrogens (tertiary/aromatic N) is 3. The van der Waals surface area contributed by atoms with Crippen molar-refractivity contribution in [1.29, 1.82) is 0 Å². The zero-order valence-electron chi connectivity index (χ0n) is 21.3. The molecule has 2 amide bonds. The number of morpholine rings is 1. The normalized spacial score (nSPS) is 18.5. The fourth-order valence-corrected chi connectivity index (χ4v) is 5.20. The second-order valence-corrected chi connectivity index (χ2v) is 11.6. The van der Waals surface area contributed by atoms with Crippen molar-refractivity contribution in [3.05, 3.63) is 35.9 Å². The molecule has 2 fully saturated rings. The Kier molecular flexibility index (Phi) is 8.36. The maximum absolute atomic E-state index is 12.8. The van der Waals surface area contributed by atoms with Crippen LogP contribution in [0.2, 0.25) is 0 Å². The summed E-state index contributed by atoms with van der Waals surface area (Å²) in [4.78, 5) is 20.7. The summed E-state index contributed by atoms with van der Waals surface area (Å²) in [6, 6.07) is 8.38. The molecule has 1 aromatic carbocycles. The number of alkyl halides is 3. The molecule has 2 N–H and O–H groups in total. The molecule has 1 atom stereocenters. The summed E-state index contributed by atoms with van der Waals surface area (Å²) < 4.78 is 70.7. The SMILES string of the molecule is CCS(=O)(=O)Nc1cc(-c2cc(NC(=O)N3CCC(CC(F)(F)F)C3)ccc2C)cc(N2CCOCC2)n1. The smallest absolute Gasteiger partial charge is 0.378 e. The van der Waals surface area contributed by atoms with Gasteiger partial charge in [-0.05, 0) is 67.1 Å². The lowest BCUT2D eigenvalue weighted by Crippen LogP contribution is -2.36. The van der Waals surface area contributed by atoms with Gasteiger partial charge in [0.25, 0.3) is 0 Å². The van der Waals surface area contributed by atoms with E-state index in [-0.39, 0.29) is 24.7 Å². The Morgan fingerprint density at radius 2 is 1.89 bits per heavy atom. The molecule has 0 aliphatic carbocycles. The summed E-state index contributed by atoms with van der Waals surface area (Å²) in [5.74, 6) is 0.0795. The number of likely N-dealkylation sites (tertiary alicyclic amines) is 1. The minimum atomic E-state index is -4.25. The third-order valence-electron chi connectivity index (χ3n) is 6.68. The molecular formula is C25H32F3N5O4S. The second kappa shape index (κ2) is 11.4. The molecule has 208 valence electrons. The lowest BCUT2D eigenvalue weighted by atomic mass is 10.00. The average Bonchev–Trinajstić information content (AvgIpc) is 3.32. The number of nitrogens with one attached hydrogen (secondary N) is 2. The van der Waals surface area contributed by atoms with Gasteiger partial charge in [0.15, 0.2) is 0 Å². The van der Waals surface area contributed by atoms with Crippen LogP contribution in [0.5, 0.6) is 0 Å². The number of ether oxygens (including phenoxy) is 1. The molecule has 9 nitrogen and oxygen atoms in total. The van der Waals surface area contributed by atoms with E-state index in [1.807, 2.05) is 24.0 Å². The standard InChI is InChI=1S/C25H32F3N5O4S/c1-3-38(35,36)31-22-12-19(13-23(30-22)32-8-10-37-11-9-32)21-14-20(5-4-17(21)2)29-24(34)33-7-6-18(16-33)15-25(26,27)28/h4-5,12-14,18H,3,6-11,15-16H2,1-2H3,(H,29,34)(H,30,31). The van der Waals surface area contributed by atoms with Gasteiger partial charge in [0, 0.05) is 38.3 Å². The number of anilines is 3. The molecule has 1 unspecified atom stereocenters. The van der Waals surface area contributed by atoms with Gasteiger partial charge >= 0.3 is 12.2 Å². The van der Waals surface area contributed by atoms with Crippen LogP contribution in [-0.4, -0.2) is 75.7 Å². The maximum Gasteiger partial charge on any atom is 0.389 e. The monoisotopic (exact) mass is 555 g/mol. The van der Waals surface area contributed by atoms with Crippen molar-refractivity contribution in [2.75, 3.05) is 60.1 Å². The Morgan fingerprint density at radius 1 is 1.16 bits per heavy atom. The van der Waals surface area contributed by atoms with Crippen molar-refractivity contribution in [3.8, 4) is 11.1 Å². The van der Waals surface area contributed by atoms with Crippen molar-refractivity contribution < 1.29 is 31.1 Å². The summed E-state index contributed by atoms with van der Waals surface area (Å²) in [7, 11) is -3.57. The molecule has 2 aliphatic heterocycles. The average molecular weight is 556 g/mol. The number of hydrogen-bond donors (Lipinski definition) is 2. The Morgan fingerprint density at radius 3 is 2.58 bits per heavy atom. The number of urea groups is 1. The summed E-state index contributed by atoms with van der Waals surface area (Å²) >= 11 is 0.